The van der Waals surface area contributed by atoms with Crippen molar-refractivity contribution in [2.45, 2.75) is 41.5 Å². The molecule has 1 aromatic carbocycles. The molecule has 0 aliphatic rings. The van der Waals surface area contributed by atoms with Gasteiger partial charge in [-0.15, -0.1) is 0 Å². The first-order valence-electron chi connectivity index (χ1n) is 3.77. The summed E-state index contributed by atoms with van der Waals surface area (Å²) >= 11 is 0. The Balaban J connectivity index is -0.0000000667. The smallest absolute Gasteiger partial charge is 0 e. The van der Waals surface area contributed by atoms with Crippen LogP contribution in [0.5, 0.6) is 0 Å². The summed E-state index contributed by atoms with van der Waals surface area (Å²) in [7, 11) is 0. The number of aryl methyl sites for hydroxylation is 1. The van der Waals surface area contributed by atoms with Crippen molar-refractivity contribution >= 4 is 0 Å². The monoisotopic (exact) mass is 285 g/mol. The maximum absolute atomic E-state index is 2.22. The standard InChI is InChI=1S/C10H14.2CH4.2CH3.Y/c1-8(2)10-7-5-4-6-9(10)3;;;;;/h4-8H,1-3H3;2*1H4;2*1H3;/q;;;2*-1;. The van der Waals surface area contributed by atoms with Crippen LogP contribution in [-0.2, 0) is 32.7 Å². The van der Waals surface area contributed by atoms with Gasteiger partial charge in [0.1, 0.15) is 0 Å². The molecule has 0 spiro atoms. The molecule has 0 aromatic heterocycles. The van der Waals surface area contributed by atoms with E-state index in [0.29, 0.717) is 5.92 Å². The molecule has 0 aliphatic heterocycles. The summed E-state index contributed by atoms with van der Waals surface area (Å²) < 4.78 is 0. The minimum Gasteiger partial charge on any atom is -0.358 e. The molecule has 89 valence electrons. The second-order valence-corrected chi connectivity index (χ2v) is 3.01. The Morgan fingerprint density at radius 2 is 1.33 bits per heavy atom. The third-order valence-corrected chi connectivity index (χ3v) is 1.81. The van der Waals surface area contributed by atoms with Crippen LogP contribution < -0.4 is 0 Å². The van der Waals surface area contributed by atoms with Crippen LogP contribution in [0.4, 0.5) is 0 Å². The first kappa shape index (κ1) is 29.5. The van der Waals surface area contributed by atoms with E-state index < -0.39 is 0 Å². The Bertz CT molecular complexity index is 216. The molecule has 1 heteroatoms. The Kier molecular flexibility index (Phi) is 28.2. The van der Waals surface area contributed by atoms with E-state index in [1.54, 1.807) is 0 Å². The largest absolute Gasteiger partial charge is 0.358 e. The van der Waals surface area contributed by atoms with Crippen LogP contribution in [0.1, 0.15) is 45.7 Å². The van der Waals surface area contributed by atoms with Crippen LogP contribution in [0.25, 0.3) is 0 Å². The second kappa shape index (κ2) is 14.3. The van der Waals surface area contributed by atoms with Crippen molar-refractivity contribution in [2.24, 2.45) is 0 Å². The Hall–Kier alpha value is 0.324. The molecule has 1 aromatic rings. The fourth-order valence-electron chi connectivity index (χ4n) is 1.23. The summed E-state index contributed by atoms with van der Waals surface area (Å²) in [5.41, 5.74) is 2.86. The Morgan fingerprint density at radius 1 is 0.933 bits per heavy atom. The van der Waals surface area contributed by atoms with Gasteiger partial charge in [-0.1, -0.05) is 53.0 Å². The third-order valence-electron chi connectivity index (χ3n) is 1.81. The second-order valence-electron chi connectivity index (χ2n) is 3.01. The molecule has 0 aliphatic carbocycles. The van der Waals surface area contributed by atoms with E-state index in [0.717, 1.165) is 0 Å². The Morgan fingerprint density at radius 3 is 1.60 bits per heavy atom. The van der Waals surface area contributed by atoms with Gasteiger partial charge in [0.05, 0.1) is 0 Å². The molecule has 1 radical (unpaired) electrons. The maximum Gasteiger partial charge on any atom is 0 e. The molecular formula is C14H28Y-2. The van der Waals surface area contributed by atoms with Crippen molar-refractivity contribution in [1.82, 2.24) is 0 Å². The molecular weight excluding hydrogens is 257 g/mol. The molecule has 0 amide bonds. The van der Waals surface area contributed by atoms with E-state index in [4.69, 9.17) is 0 Å². The summed E-state index contributed by atoms with van der Waals surface area (Å²) in [6, 6.07) is 8.54. The van der Waals surface area contributed by atoms with Crippen LogP contribution in [0, 0.1) is 21.8 Å². The van der Waals surface area contributed by atoms with Gasteiger partial charge >= 0.3 is 0 Å². The van der Waals surface area contributed by atoms with Gasteiger partial charge in [-0.3, -0.25) is 0 Å². The van der Waals surface area contributed by atoms with Crippen LogP contribution in [0.2, 0.25) is 0 Å². The normalized spacial score (nSPS) is 6.93. The summed E-state index contributed by atoms with van der Waals surface area (Å²) in [6.45, 7) is 6.61. The van der Waals surface area contributed by atoms with E-state index in [2.05, 4.69) is 45.0 Å². The van der Waals surface area contributed by atoms with Gasteiger partial charge in [-0.05, 0) is 24.0 Å². The molecule has 15 heavy (non-hydrogen) atoms. The minimum absolute atomic E-state index is 0. The number of hydrogen-bond donors (Lipinski definition) is 0. The molecule has 0 heterocycles. The van der Waals surface area contributed by atoms with Gasteiger partial charge in [0.2, 0.25) is 0 Å². The fourth-order valence-corrected chi connectivity index (χ4v) is 1.23. The van der Waals surface area contributed by atoms with Gasteiger partial charge in [-0.25, -0.2) is 0 Å². The number of hydrogen-bond acceptors (Lipinski definition) is 0. The molecule has 0 atom stereocenters. The molecule has 1 rings (SSSR count). The molecule has 0 bridgehead atoms. The van der Waals surface area contributed by atoms with Crippen molar-refractivity contribution < 1.29 is 32.7 Å². The third kappa shape index (κ3) is 9.26. The molecule has 0 N–H and O–H groups in total. The summed E-state index contributed by atoms with van der Waals surface area (Å²) in [5.74, 6) is 0.654. The number of benzene rings is 1. The van der Waals surface area contributed by atoms with E-state index >= 15 is 0 Å². The first-order valence-corrected chi connectivity index (χ1v) is 3.77. The van der Waals surface area contributed by atoms with E-state index in [9.17, 15) is 0 Å². The zero-order valence-corrected chi connectivity index (χ0v) is 12.3. The SMILES string of the molecule is C.C.Cc1ccccc1C(C)C.[CH3-].[CH3-].[Y]. The van der Waals surface area contributed by atoms with E-state index in [-0.39, 0.29) is 62.4 Å². The van der Waals surface area contributed by atoms with Crippen molar-refractivity contribution in [3.05, 3.63) is 50.2 Å². The number of rotatable bonds is 1. The molecule has 0 unspecified atom stereocenters. The van der Waals surface area contributed by atoms with Crippen molar-refractivity contribution in [3.63, 3.8) is 0 Å². The van der Waals surface area contributed by atoms with E-state index in [1.807, 2.05) is 0 Å². The zero-order valence-electron chi connectivity index (χ0n) is 9.46. The van der Waals surface area contributed by atoms with Gasteiger partial charge < -0.3 is 14.9 Å². The van der Waals surface area contributed by atoms with Gasteiger partial charge in [0, 0.05) is 32.7 Å². The molecule has 0 saturated heterocycles. The van der Waals surface area contributed by atoms with Gasteiger partial charge in [0.25, 0.3) is 0 Å². The maximum atomic E-state index is 2.22. The summed E-state index contributed by atoms with van der Waals surface area (Å²) in [6.07, 6.45) is 0. The Labute approximate surface area is 124 Å². The quantitative estimate of drug-likeness (QED) is 0.615. The summed E-state index contributed by atoms with van der Waals surface area (Å²) in [5, 5.41) is 0. The molecule has 0 saturated carbocycles. The average molecular weight is 285 g/mol. The van der Waals surface area contributed by atoms with Crippen LogP contribution in [0.15, 0.2) is 24.3 Å². The predicted molar refractivity (Wildman–Crippen MR) is 71.6 cm³/mol. The van der Waals surface area contributed by atoms with Crippen molar-refractivity contribution in [3.8, 4) is 0 Å². The summed E-state index contributed by atoms with van der Waals surface area (Å²) in [4.78, 5) is 0. The fraction of sp³-hybridized carbons (Fsp3) is 0.429. The van der Waals surface area contributed by atoms with Crippen LogP contribution in [-0.4, -0.2) is 0 Å². The average Bonchev–Trinajstić information content (AvgIpc) is 1.88. The van der Waals surface area contributed by atoms with Crippen LogP contribution in [0.3, 0.4) is 0 Å². The topological polar surface area (TPSA) is 0 Å². The molecule has 0 fully saturated rings. The van der Waals surface area contributed by atoms with E-state index in [1.165, 1.54) is 11.1 Å². The first-order chi connectivity index (χ1) is 4.72. The minimum atomic E-state index is 0. The molecule has 0 nitrogen and oxygen atoms in total. The predicted octanol–water partition coefficient (Wildman–Crippen LogP) is 5.29. The van der Waals surface area contributed by atoms with Crippen molar-refractivity contribution in [2.75, 3.05) is 0 Å². The van der Waals surface area contributed by atoms with Crippen LogP contribution >= 0.6 is 0 Å². The van der Waals surface area contributed by atoms with Gasteiger partial charge in [-0.2, -0.15) is 0 Å². The zero-order chi connectivity index (χ0) is 7.56. The van der Waals surface area contributed by atoms with Crippen molar-refractivity contribution in [1.29, 1.82) is 0 Å². The van der Waals surface area contributed by atoms with Gasteiger partial charge in [0.15, 0.2) is 0 Å².